The lowest BCUT2D eigenvalue weighted by atomic mass is 9.85. The van der Waals surface area contributed by atoms with Crippen molar-refractivity contribution in [2.75, 3.05) is 6.61 Å². The molecular formula is C10H18N2O4. The van der Waals surface area contributed by atoms with Gasteiger partial charge >= 0.3 is 5.97 Å². The monoisotopic (exact) mass is 230 g/mol. The molecule has 92 valence electrons. The van der Waals surface area contributed by atoms with Crippen LogP contribution in [0.5, 0.6) is 0 Å². The zero-order chi connectivity index (χ0) is 12.1. The highest BCUT2D eigenvalue weighted by molar-refractivity contribution is 5.85. The van der Waals surface area contributed by atoms with Crippen molar-refractivity contribution in [2.24, 2.45) is 11.7 Å². The summed E-state index contributed by atoms with van der Waals surface area (Å²) in [4.78, 5) is 22.3. The quantitative estimate of drug-likeness (QED) is 0.498. The van der Waals surface area contributed by atoms with Crippen LogP contribution in [0.1, 0.15) is 25.7 Å². The number of aliphatic hydroxyl groups excluding tert-OH is 1. The summed E-state index contributed by atoms with van der Waals surface area (Å²) in [7, 11) is 0. The third-order valence-electron chi connectivity index (χ3n) is 2.88. The highest BCUT2D eigenvalue weighted by Crippen LogP contribution is 2.23. The van der Waals surface area contributed by atoms with Gasteiger partial charge in [0, 0.05) is 12.0 Å². The van der Waals surface area contributed by atoms with Crippen LogP contribution < -0.4 is 11.1 Å². The predicted molar refractivity (Wildman–Crippen MR) is 56.6 cm³/mol. The summed E-state index contributed by atoms with van der Waals surface area (Å²) in [5, 5.41) is 19.8. The van der Waals surface area contributed by atoms with Crippen LogP contribution in [0.2, 0.25) is 0 Å². The third-order valence-corrected chi connectivity index (χ3v) is 2.88. The van der Waals surface area contributed by atoms with Gasteiger partial charge < -0.3 is 21.3 Å². The largest absolute Gasteiger partial charge is 0.480 e. The minimum absolute atomic E-state index is 0.0157. The van der Waals surface area contributed by atoms with Gasteiger partial charge in [-0.05, 0) is 19.3 Å². The van der Waals surface area contributed by atoms with Crippen molar-refractivity contribution in [1.29, 1.82) is 0 Å². The Bertz CT molecular complexity index is 270. The van der Waals surface area contributed by atoms with Gasteiger partial charge in [0.15, 0.2) is 0 Å². The number of nitrogens with two attached hydrogens (primary N) is 1. The molecule has 0 aliphatic heterocycles. The summed E-state index contributed by atoms with van der Waals surface area (Å²) >= 11 is 0. The van der Waals surface area contributed by atoms with Crippen molar-refractivity contribution in [3.8, 4) is 0 Å². The molecule has 0 heterocycles. The van der Waals surface area contributed by atoms with Crippen LogP contribution in [0.25, 0.3) is 0 Å². The number of rotatable bonds is 4. The Hall–Kier alpha value is -1.14. The van der Waals surface area contributed by atoms with E-state index in [2.05, 4.69) is 5.32 Å². The zero-order valence-electron chi connectivity index (χ0n) is 9.06. The van der Waals surface area contributed by atoms with E-state index in [1.807, 2.05) is 0 Å². The molecule has 16 heavy (non-hydrogen) atoms. The highest BCUT2D eigenvalue weighted by Gasteiger charge is 2.28. The molecule has 0 saturated heterocycles. The fraction of sp³-hybridized carbons (Fsp3) is 0.800. The van der Waals surface area contributed by atoms with Gasteiger partial charge in [-0.3, -0.25) is 4.79 Å². The molecule has 0 bridgehead atoms. The minimum atomic E-state index is -1.23. The molecule has 0 aromatic rings. The molecule has 3 unspecified atom stereocenters. The van der Waals surface area contributed by atoms with Gasteiger partial charge in [-0.2, -0.15) is 0 Å². The van der Waals surface area contributed by atoms with Crippen LogP contribution in [0, 0.1) is 5.92 Å². The van der Waals surface area contributed by atoms with E-state index in [0.717, 1.165) is 19.3 Å². The SMILES string of the molecule is NC1CCCC(C(=O)NC(CO)C(=O)O)C1. The van der Waals surface area contributed by atoms with Crippen LogP contribution in [-0.2, 0) is 9.59 Å². The van der Waals surface area contributed by atoms with Crippen LogP contribution in [0.3, 0.4) is 0 Å². The lowest BCUT2D eigenvalue weighted by molar-refractivity contribution is -0.143. The fourth-order valence-electron chi connectivity index (χ4n) is 1.94. The second-order valence-electron chi connectivity index (χ2n) is 4.21. The van der Waals surface area contributed by atoms with Crippen molar-refractivity contribution in [3.63, 3.8) is 0 Å². The van der Waals surface area contributed by atoms with E-state index in [-0.39, 0.29) is 17.9 Å². The molecule has 6 heteroatoms. The van der Waals surface area contributed by atoms with Crippen LogP contribution in [0.15, 0.2) is 0 Å². The Balaban J connectivity index is 2.47. The molecule has 0 radical (unpaired) electrons. The van der Waals surface area contributed by atoms with Crippen LogP contribution in [0.4, 0.5) is 0 Å². The van der Waals surface area contributed by atoms with Crippen molar-refractivity contribution in [2.45, 2.75) is 37.8 Å². The van der Waals surface area contributed by atoms with Gasteiger partial charge in [-0.15, -0.1) is 0 Å². The standard InChI is InChI=1S/C10H18N2O4/c11-7-3-1-2-6(4-7)9(14)12-8(5-13)10(15)16/h6-8,13H,1-5,11H2,(H,12,14)(H,15,16). The number of carbonyl (C=O) groups excluding carboxylic acids is 1. The minimum Gasteiger partial charge on any atom is -0.480 e. The summed E-state index contributed by atoms with van der Waals surface area (Å²) in [6, 6.07) is -1.20. The Labute approximate surface area is 93.8 Å². The summed E-state index contributed by atoms with van der Waals surface area (Å²) in [6.07, 6.45) is 3.11. The fourth-order valence-corrected chi connectivity index (χ4v) is 1.94. The van der Waals surface area contributed by atoms with Crippen molar-refractivity contribution < 1.29 is 19.8 Å². The molecule has 1 saturated carbocycles. The van der Waals surface area contributed by atoms with Gasteiger partial charge in [-0.1, -0.05) is 6.42 Å². The molecule has 0 aromatic heterocycles. The Morgan fingerprint density at radius 1 is 1.44 bits per heavy atom. The predicted octanol–water partition coefficient (Wildman–Crippen LogP) is -0.934. The first-order chi connectivity index (χ1) is 7.54. The molecule has 6 nitrogen and oxygen atoms in total. The Morgan fingerprint density at radius 2 is 2.12 bits per heavy atom. The van der Waals surface area contributed by atoms with Gasteiger partial charge in [0.25, 0.3) is 0 Å². The van der Waals surface area contributed by atoms with Gasteiger partial charge in [0.1, 0.15) is 6.04 Å². The number of hydrogen-bond donors (Lipinski definition) is 4. The maximum Gasteiger partial charge on any atom is 0.328 e. The molecule has 1 amide bonds. The summed E-state index contributed by atoms with van der Waals surface area (Å²) in [5.74, 6) is -1.77. The second-order valence-corrected chi connectivity index (χ2v) is 4.21. The first-order valence-corrected chi connectivity index (χ1v) is 5.44. The number of aliphatic hydroxyl groups is 1. The lowest BCUT2D eigenvalue weighted by Gasteiger charge is -2.26. The maximum atomic E-state index is 11.7. The number of carbonyl (C=O) groups is 2. The number of carboxylic acids is 1. The molecule has 1 rings (SSSR count). The van der Waals surface area contributed by atoms with Crippen LogP contribution in [-0.4, -0.2) is 40.8 Å². The summed E-state index contributed by atoms with van der Waals surface area (Å²) < 4.78 is 0. The van der Waals surface area contributed by atoms with E-state index in [9.17, 15) is 9.59 Å². The van der Waals surface area contributed by atoms with Gasteiger partial charge in [0.05, 0.1) is 6.61 Å². The molecule has 1 aliphatic carbocycles. The smallest absolute Gasteiger partial charge is 0.328 e. The third kappa shape index (κ3) is 3.46. The van der Waals surface area contributed by atoms with E-state index >= 15 is 0 Å². The van der Waals surface area contributed by atoms with Gasteiger partial charge in [0.2, 0.25) is 5.91 Å². The molecule has 5 N–H and O–H groups in total. The van der Waals surface area contributed by atoms with Crippen molar-refractivity contribution >= 4 is 11.9 Å². The highest BCUT2D eigenvalue weighted by atomic mass is 16.4. The number of carboxylic acid groups (broad SMARTS) is 1. The van der Waals surface area contributed by atoms with E-state index in [1.54, 1.807) is 0 Å². The van der Waals surface area contributed by atoms with Crippen molar-refractivity contribution in [3.05, 3.63) is 0 Å². The van der Waals surface area contributed by atoms with E-state index < -0.39 is 18.6 Å². The van der Waals surface area contributed by atoms with Crippen molar-refractivity contribution in [1.82, 2.24) is 5.32 Å². The maximum absolute atomic E-state index is 11.7. The van der Waals surface area contributed by atoms with E-state index in [4.69, 9.17) is 15.9 Å². The van der Waals surface area contributed by atoms with E-state index in [1.165, 1.54) is 0 Å². The molecule has 1 aliphatic rings. The first-order valence-electron chi connectivity index (χ1n) is 5.44. The molecule has 0 aromatic carbocycles. The van der Waals surface area contributed by atoms with E-state index in [0.29, 0.717) is 6.42 Å². The number of aliphatic carboxylic acids is 1. The summed E-state index contributed by atoms with van der Waals surface area (Å²) in [6.45, 7) is -0.597. The molecular weight excluding hydrogens is 212 g/mol. The Morgan fingerprint density at radius 3 is 2.62 bits per heavy atom. The van der Waals surface area contributed by atoms with Gasteiger partial charge in [-0.25, -0.2) is 4.79 Å². The normalized spacial score (nSPS) is 27.1. The number of nitrogens with one attached hydrogen (secondary N) is 1. The first kappa shape index (κ1) is 12.9. The second kappa shape index (κ2) is 5.81. The molecule has 0 spiro atoms. The average Bonchev–Trinajstić information content (AvgIpc) is 2.25. The molecule has 3 atom stereocenters. The van der Waals surface area contributed by atoms with Crippen LogP contribution >= 0.6 is 0 Å². The molecule has 1 fully saturated rings. The zero-order valence-corrected chi connectivity index (χ0v) is 9.06. The number of amides is 1. The topological polar surface area (TPSA) is 113 Å². The summed E-state index contributed by atoms with van der Waals surface area (Å²) in [5.41, 5.74) is 5.74. The lowest BCUT2D eigenvalue weighted by Crippen LogP contribution is -2.47. The Kier molecular flexibility index (Phi) is 4.70. The number of hydrogen-bond acceptors (Lipinski definition) is 4. The average molecular weight is 230 g/mol.